The van der Waals surface area contributed by atoms with Crippen molar-refractivity contribution in [3.05, 3.63) is 70.2 Å². The quantitative estimate of drug-likeness (QED) is 0.554. The lowest BCUT2D eigenvalue weighted by molar-refractivity contribution is 0.0950. The van der Waals surface area contributed by atoms with Crippen LogP contribution >= 0.6 is 15.9 Å². The molecule has 0 saturated carbocycles. The monoisotopic (exact) mass is 427 g/mol. The summed E-state index contributed by atoms with van der Waals surface area (Å²) < 4.78 is 11.8. The number of hydrogen-bond acceptors (Lipinski definition) is 3. The van der Waals surface area contributed by atoms with Crippen LogP contribution in [0.4, 0.5) is 0 Å². The van der Waals surface area contributed by atoms with Crippen LogP contribution in [0, 0.1) is 0 Å². The predicted molar refractivity (Wildman–Crippen MR) is 112 cm³/mol. The fourth-order valence-electron chi connectivity index (χ4n) is 2.92. The van der Waals surface area contributed by atoms with Crippen molar-refractivity contribution in [1.82, 2.24) is 5.32 Å². The molecule has 0 fully saturated rings. The van der Waals surface area contributed by atoms with Gasteiger partial charge in [0.05, 0.1) is 18.2 Å². The minimum Gasteiger partial charge on any atom is -0.493 e. The van der Waals surface area contributed by atoms with E-state index in [9.17, 15) is 4.79 Å². The fourth-order valence-corrected chi connectivity index (χ4v) is 3.48. The van der Waals surface area contributed by atoms with Crippen LogP contribution < -0.4 is 14.8 Å². The summed E-state index contributed by atoms with van der Waals surface area (Å²) in [6.07, 6.45) is 0.892. The van der Waals surface area contributed by atoms with Crippen LogP contribution in [0.25, 0.3) is 10.8 Å². The van der Waals surface area contributed by atoms with E-state index in [-0.39, 0.29) is 5.91 Å². The Morgan fingerprint density at radius 3 is 2.67 bits per heavy atom. The number of halogens is 1. The molecule has 0 aliphatic heterocycles. The average Bonchev–Trinajstić information content (AvgIpc) is 2.70. The summed E-state index contributed by atoms with van der Waals surface area (Å²) in [5.41, 5.74) is 1.60. The molecule has 0 bridgehead atoms. The topological polar surface area (TPSA) is 47.6 Å². The Bertz CT molecular complexity index is 950. The van der Waals surface area contributed by atoms with Gasteiger partial charge in [0.2, 0.25) is 0 Å². The van der Waals surface area contributed by atoms with Gasteiger partial charge in [-0.3, -0.25) is 4.79 Å². The Kier molecular flexibility index (Phi) is 6.35. The van der Waals surface area contributed by atoms with Crippen molar-refractivity contribution in [2.24, 2.45) is 0 Å². The van der Waals surface area contributed by atoms with Crippen LogP contribution in [-0.4, -0.2) is 19.6 Å². The van der Waals surface area contributed by atoms with Crippen molar-refractivity contribution < 1.29 is 14.3 Å². The van der Waals surface area contributed by atoms with Gasteiger partial charge in [-0.2, -0.15) is 0 Å². The maximum Gasteiger partial charge on any atom is 0.251 e. The van der Waals surface area contributed by atoms with E-state index < -0.39 is 0 Å². The van der Waals surface area contributed by atoms with Crippen LogP contribution in [0.15, 0.2) is 59.1 Å². The van der Waals surface area contributed by atoms with E-state index in [0.717, 1.165) is 22.8 Å². The van der Waals surface area contributed by atoms with Gasteiger partial charge in [-0.25, -0.2) is 0 Å². The summed E-state index contributed by atoms with van der Waals surface area (Å²) >= 11 is 3.48. The lowest BCUT2D eigenvalue weighted by Gasteiger charge is -2.14. The Hall–Kier alpha value is -2.53. The molecule has 1 N–H and O–H groups in total. The Balaban J connectivity index is 1.78. The third kappa shape index (κ3) is 4.42. The van der Waals surface area contributed by atoms with Crippen molar-refractivity contribution in [2.75, 3.05) is 13.7 Å². The summed E-state index contributed by atoms with van der Waals surface area (Å²) in [7, 11) is 1.57. The number of amides is 1. The van der Waals surface area contributed by atoms with Gasteiger partial charge < -0.3 is 14.8 Å². The highest BCUT2D eigenvalue weighted by molar-refractivity contribution is 9.10. The summed E-state index contributed by atoms with van der Waals surface area (Å²) in [6, 6.07) is 17.7. The maximum atomic E-state index is 12.7. The number of methoxy groups -OCH3 is 1. The molecule has 140 valence electrons. The molecule has 0 unspecified atom stereocenters. The van der Waals surface area contributed by atoms with Crippen LogP contribution in [-0.2, 0) is 6.54 Å². The number of nitrogens with one attached hydrogen (secondary N) is 1. The second-order valence-corrected chi connectivity index (χ2v) is 7.01. The molecule has 3 aromatic rings. The summed E-state index contributed by atoms with van der Waals surface area (Å²) in [5.74, 6) is 0.988. The third-order valence-corrected chi connectivity index (χ3v) is 4.85. The standard InChI is InChI=1S/C22H22BrNO3/c1-3-11-27-21-19(23)12-17(13-20(21)26-2)22(25)24-14-16-9-6-8-15-7-4-5-10-18(15)16/h4-10,12-13H,3,11,14H2,1-2H3,(H,24,25). The zero-order valence-electron chi connectivity index (χ0n) is 15.4. The van der Waals surface area contributed by atoms with Crippen molar-refractivity contribution in [3.63, 3.8) is 0 Å². The molecule has 0 spiro atoms. The van der Waals surface area contributed by atoms with E-state index in [1.165, 1.54) is 0 Å². The first-order valence-corrected chi connectivity index (χ1v) is 9.68. The molecule has 0 aromatic heterocycles. The number of fused-ring (bicyclic) bond motifs is 1. The van der Waals surface area contributed by atoms with Gasteiger partial charge in [-0.05, 0) is 50.8 Å². The molecule has 3 rings (SSSR count). The molecular formula is C22H22BrNO3. The van der Waals surface area contributed by atoms with Gasteiger partial charge in [0.15, 0.2) is 11.5 Å². The Morgan fingerprint density at radius 1 is 1.11 bits per heavy atom. The molecule has 5 heteroatoms. The summed E-state index contributed by atoms with van der Waals surface area (Å²) in [5, 5.41) is 5.29. The van der Waals surface area contributed by atoms with Crippen molar-refractivity contribution in [2.45, 2.75) is 19.9 Å². The molecule has 0 atom stereocenters. The SMILES string of the molecule is CCCOc1c(Br)cc(C(=O)NCc2cccc3ccccc23)cc1OC. The van der Waals surface area contributed by atoms with Gasteiger partial charge in [0.25, 0.3) is 5.91 Å². The van der Waals surface area contributed by atoms with Gasteiger partial charge >= 0.3 is 0 Å². The van der Waals surface area contributed by atoms with Gasteiger partial charge in [-0.1, -0.05) is 49.4 Å². The van der Waals surface area contributed by atoms with E-state index >= 15 is 0 Å². The third-order valence-electron chi connectivity index (χ3n) is 4.26. The molecule has 0 aliphatic carbocycles. The first-order chi connectivity index (χ1) is 13.1. The highest BCUT2D eigenvalue weighted by atomic mass is 79.9. The second kappa shape index (κ2) is 8.91. The largest absolute Gasteiger partial charge is 0.493 e. The zero-order valence-corrected chi connectivity index (χ0v) is 17.0. The number of carbonyl (C=O) groups excluding carboxylic acids is 1. The fraction of sp³-hybridized carbons (Fsp3) is 0.227. The number of rotatable bonds is 7. The molecule has 0 radical (unpaired) electrons. The lowest BCUT2D eigenvalue weighted by atomic mass is 10.0. The van der Waals surface area contributed by atoms with E-state index in [1.54, 1.807) is 19.2 Å². The number of carbonyl (C=O) groups is 1. The molecule has 0 heterocycles. The summed E-state index contributed by atoms with van der Waals surface area (Å²) in [6.45, 7) is 3.07. The van der Waals surface area contributed by atoms with Gasteiger partial charge in [0, 0.05) is 12.1 Å². The van der Waals surface area contributed by atoms with Crippen molar-refractivity contribution in [1.29, 1.82) is 0 Å². The maximum absolute atomic E-state index is 12.7. The molecule has 27 heavy (non-hydrogen) atoms. The number of hydrogen-bond donors (Lipinski definition) is 1. The Labute approximate surface area is 167 Å². The van der Waals surface area contributed by atoms with E-state index in [4.69, 9.17) is 9.47 Å². The van der Waals surface area contributed by atoms with Crippen LogP contribution in [0.5, 0.6) is 11.5 Å². The van der Waals surface area contributed by atoms with E-state index in [2.05, 4.69) is 39.4 Å². The van der Waals surface area contributed by atoms with Crippen molar-refractivity contribution >= 4 is 32.6 Å². The van der Waals surface area contributed by atoms with E-state index in [0.29, 0.717) is 34.7 Å². The molecule has 0 aliphatic rings. The Morgan fingerprint density at radius 2 is 1.89 bits per heavy atom. The molecule has 4 nitrogen and oxygen atoms in total. The number of benzene rings is 3. The molecule has 0 saturated heterocycles. The second-order valence-electron chi connectivity index (χ2n) is 6.16. The lowest BCUT2D eigenvalue weighted by Crippen LogP contribution is -2.23. The van der Waals surface area contributed by atoms with Crippen molar-refractivity contribution in [3.8, 4) is 11.5 Å². The number of ether oxygens (including phenoxy) is 2. The normalized spacial score (nSPS) is 10.6. The first-order valence-electron chi connectivity index (χ1n) is 8.89. The van der Waals surface area contributed by atoms with Crippen LogP contribution in [0.3, 0.4) is 0 Å². The highest BCUT2D eigenvalue weighted by Gasteiger charge is 2.15. The zero-order chi connectivity index (χ0) is 19.2. The molecular weight excluding hydrogens is 406 g/mol. The minimum absolute atomic E-state index is 0.163. The van der Waals surface area contributed by atoms with Gasteiger partial charge in [-0.15, -0.1) is 0 Å². The average molecular weight is 428 g/mol. The van der Waals surface area contributed by atoms with E-state index in [1.807, 2.05) is 31.2 Å². The predicted octanol–water partition coefficient (Wildman–Crippen LogP) is 5.33. The summed E-state index contributed by atoms with van der Waals surface area (Å²) in [4.78, 5) is 12.7. The van der Waals surface area contributed by atoms with Gasteiger partial charge in [0.1, 0.15) is 0 Å². The molecule has 3 aromatic carbocycles. The molecule has 1 amide bonds. The van der Waals surface area contributed by atoms with Crippen LogP contribution in [0.2, 0.25) is 0 Å². The van der Waals surface area contributed by atoms with Crippen LogP contribution in [0.1, 0.15) is 29.3 Å². The highest BCUT2D eigenvalue weighted by Crippen LogP contribution is 2.36. The first kappa shape index (κ1) is 19.2. The smallest absolute Gasteiger partial charge is 0.251 e. The minimum atomic E-state index is -0.163.